The van der Waals surface area contributed by atoms with Crippen LogP contribution in [0.4, 0.5) is 13.2 Å². The molecule has 0 unspecified atom stereocenters. The monoisotopic (exact) mass is 364 g/mol. The van der Waals surface area contributed by atoms with E-state index in [1.807, 2.05) is 6.92 Å². The zero-order valence-corrected chi connectivity index (χ0v) is 14.7. The molecule has 0 aliphatic carbocycles. The van der Waals surface area contributed by atoms with Gasteiger partial charge in [-0.05, 0) is 63.0 Å². The maximum Gasteiger partial charge on any atom is 0.416 e. The van der Waals surface area contributed by atoms with Gasteiger partial charge in [-0.25, -0.2) is 8.42 Å². The Morgan fingerprint density at radius 1 is 1.25 bits per heavy atom. The van der Waals surface area contributed by atoms with Crippen LogP contribution in [0.25, 0.3) is 0 Å². The van der Waals surface area contributed by atoms with E-state index in [2.05, 4.69) is 5.32 Å². The summed E-state index contributed by atoms with van der Waals surface area (Å²) in [7, 11) is -3.82. The Hall–Kier alpha value is -1.12. The summed E-state index contributed by atoms with van der Waals surface area (Å²) in [6.45, 7) is 5.16. The molecule has 1 N–H and O–H groups in total. The minimum absolute atomic E-state index is 0.0394. The van der Waals surface area contributed by atoms with Crippen molar-refractivity contribution in [1.82, 2.24) is 9.62 Å². The number of benzene rings is 1. The van der Waals surface area contributed by atoms with Crippen molar-refractivity contribution in [3.8, 4) is 0 Å². The van der Waals surface area contributed by atoms with E-state index in [0.717, 1.165) is 31.3 Å². The number of alkyl halides is 3. The lowest BCUT2D eigenvalue weighted by atomic mass is 10.1. The van der Waals surface area contributed by atoms with E-state index in [1.165, 1.54) is 11.2 Å². The van der Waals surface area contributed by atoms with Crippen LogP contribution in [-0.4, -0.2) is 38.4 Å². The summed E-state index contributed by atoms with van der Waals surface area (Å²) >= 11 is 0. The number of nitrogens with zero attached hydrogens (tertiary/aromatic N) is 1. The molecule has 0 saturated carbocycles. The largest absolute Gasteiger partial charge is 0.416 e. The minimum Gasteiger partial charge on any atom is -0.317 e. The number of aryl methyl sites for hydroxylation is 1. The molecule has 0 bridgehead atoms. The fourth-order valence-electron chi connectivity index (χ4n) is 3.06. The second kappa shape index (κ2) is 7.41. The van der Waals surface area contributed by atoms with Crippen LogP contribution in [0.15, 0.2) is 23.1 Å². The maximum atomic E-state index is 13.0. The van der Waals surface area contributed by atoms with Gasteiger partial charge in [-0.15, -0.1) is 0 Å². The first-order valence-electron chi connectivity index (χ1n) is 8.08. The van der Waals surface area contributed by atoms with E-state index in [9.17, 15) is 21.6 Å². The number of halogens is 3. The summed E-state index contributed by atoms with van der Waals surface area (Å²) in [6, 6.07) is 2.71. The highest BCUT2D eigenvalue weighted by Crippen LogP contribution is 2.33. The standard InChI is InChI=1S/C16H23F3N2O2S/c1-3-10-21(14-6-8-20-9-7-14)24(22,23)15-5-4-13(11-12(15)2)16(17,18)19/h4-5,11,14,20H,3,6-10H2,1-2H3. The number of piperidine rings is 1. The van der Waals surface area contributed by atoms with Crippen molar-refractivity contribution in [2.45, 2.75) is 50.2 Å². The normalized spacial score (nSPS) is 17.4. The van der Waals surface area contributed by atoms with E-state index in [-0.39, 0.29) is 16.5 Å². The molecule has 2 rings (SSSR count). The smallest absolute Gasteiger partial charge is 0.317 e. The first kappa shape index (κ1) is 19.2. The molecular formula is C16H23F3N2O2S. The molecule has 1 fully saturated rings. The quantitative estimate of drug-likeness (QED) is 0.873. The van der Waals surface area contributed by atoms with Crippen LogP contribution in [0.2, 0.25) is 0 Å². The molecule has 1 aromatic carbocycles. The average molecular weight is 364 g/mol. The Kier molecular flexibility index (Phi) is 5.93. The van der Waals surface area contributed by atoms with Crippen molar-refractivity contribution >= 4 is 10.0 Å². The Morgan fingerprint density at radius 3 is 2.38 bits per heavy atom. The van der Waals surface area contributed by atoms with E-state index < -0.39 is 21.8 Å². The first-order chi connectivity index (χ1) is 11.2. The van der Waals surface area contributed by atoms with Crippen LogP contribution in [0.1, 0.15) is 37.3 Å². The van der Waals surface area contributed by atoms with Gasteiger partial charge in [0.2, 0.25) is 10.0 Å². The molecule has 1 aromatic rings. The maximum absolute atomic E-state index is 13.0. The third-order valence-corrected chi connectivity index (χ3v) is 6.36. The second-order valence-electron chi connectivity index (χ2n) is 6.07. The molecule has 1 saturated heterocycles. The van der Waals surface area contributed by atoms with Gasteiger partial charge in [0.25, 0.3) is 0 Å². The van der Waals surface area contributed by atoms with Crippen LogP contribution >= 0.6 is 0 Å². The van der Waals surface area contributed by atoms with Crippen LogP contribution in [-0.2, 0) is 16.2 Å². The number of nitrogens with one attached hydrogen (secondary N) is 1. The SMILES string of the molecule is CCCN(C1CCNCC1)S(=O)(=O)c1ccc(C(F)(F)F)cc1C. The first-order valence-corrected chi connectivity index (χ1v) is 9.52. The fourth-order valence-corrected chi connectivity index (χ4v) is 5.04. The second-order valence-corrected chi connectivity index (χ2v) is 7.93. The zero-order valence-electron chi connectivity index (χ0n) is 13.9. The van der Waals surface area contributed by atoms with E-state index in [1.54, 1.807) is 0 Å². The zero-order chi connectivity index (χ0) is 18.0. The molecule has 136 valence electrons. The molecule has 1 heterocycles. The molecular weight excluding hydrogens is 341 g/mol. The molecule has 24 heavy (non-hydrogen) atoms. The lowest BCUT2D eigenvalue weighted by Crippen LogP contribution is -2.46. The van der Waals surface area contributed by atoms with Crippen LogP contribution in [0.5, 0.6) is 0 Å². The predicted molar refractivity (Wildman–Crippen MR) is 86.3 cm³/mol. The molecule has 0 radical (unpaired) electrons. The summed E-state index contributed by atoms with van der Waals surface area (Å²) in [5.74, 6) is 0. The van der Waals surface area contributed by atoms with Crippen molar-refractivity contribution in [2.24, 2.45) is 0 Å². The third-order valence-electron chi connectivity index (χ3n) is 4.25. The van der Waals surface area contributed by atoms with Gasteiger partial charge in [0.15, 0.2) is 0 Å². The van der Waals surface area contributed by atoms with Crippen molar-refractivity contribution in [2.75, 3.05) is 19.6 Å². The third kappa shape index (κ3) is 4.10. The molecule has 4 nitrogen and oxygen atoms in total. The predicted octanol–water partition coefficient (Wildman–Crippen LogP) is 3.17. The number of rotatable bonds is 5. The lowest BCUT2D eigenvalue weighted by molar-refractivity contribution is -0.137. The Bertz CT molecular complexity index is 668. The molecule has 0 spiro atoms. The van der Waals surface area contributed by atoms with Gasteiger partial charge in [0.1, 0.15) is 0 Å². The van der Waals surface area contributed by atoms with E-state index >= 15 is 0 Å². The molecule has 0 atom stereocenters. The van der Waals surface area contributed by atoms with Crippen LogP contribution < -0.4 is 5.32 Å². The van der Waals surface area contributed by atoms with Gasteiger partial charge in [-0.3, -0.25) is 0 Å². The van der Waals surface area contributed by atoms with Crippen molar-refractivity contribution in [1.29, 1.82) is 0 Å². The molecule has 0 aromatic heterocycles. The highest BCUT2D eigenvalue weighted by atomic mass is 32.2. The minimum atomic E-state index is -4.48. The summed E-state index contributed by atoms with van der Waals surface area (Å²) in [5.41, 5.74) is -0.706. The summed E-state index contributed by atoms with van der Waals surface area (Å²) < 4.78 is 65.9. The summed E-state index contributed by atoms with van der Waals surface area (Å²) in [4.78, 5) is -0.0394. The van der Waals surface area contributed by atoms with E-state index in [4.69, 9.17) is 0 Å². The van der Waals surface area contributed by atoms with Gasteiger partial charge in [0.05, 0.1) is 10.5 Å². The van der Waals surface area contributed by atoms with E-state index in [0.29, 0.717) is 25.8 Å². The Labute approximate surface area is 141 Å². The van der Waals surface area contributed by atoms with Crippen molar-refractivity contribution in [3.63, 3.8) is 0 Å². The van der Waals surface area contributed by atoms with Gasteiger partial charge < -0.3 is 5.32 Å². The number of hydrogen-bond donors (Lipinski definition) is 1. The number of sulfonamides is 1. The lowest BCUT2D eigenvalue weighted by Gasteiger charge is -2.34. The van der Waals surface area contributed by atoms with Gasteiger partial charge in [0, 0.05) is 12.6 Å². The van der Waals surface area contributed by atoms with Crippen LogP contribution in [0, 0.1) is 6.92 Å². The van der Waals surface area contributed by atoms with Gasteiger partial charge in [-0.1, -0.05) is 6.92 Å². The van der Waals surface area contributed by atoms with Crippen LogP contribution in [0.3, 0.4) is 0 Å². The Morgan fingerprint density at radius 2 is 1.88 bits per heavy atom. The van der Waals surface area contributed by atoms with Gasteiger partial charge >= 0.3 is 6.18 Å². The number of hydrogen-bond acceptors (Lipinski definition) is 3. The molecule has 1 aliphatic rings. The van der Waals surface area contributed by atoms with Gasteiger partial charge in [-0.2, -0.15) is 17.5 Å². The fraction of sp³-hybridized carbons (Fsp3) is 0.625. The average Bonchev–Trinajstić information content (AvgIpc) is 2.52. The topological polar surface area (TPSA) is 49.4 Å². The van der Waals surface area contributed by atoms with Crippen molar-refractivity contribution in [3.05, 3.63) is 29.3 Å². The Balaban J connectivity index is 2.39. The molecule has 0 amide bonds. The molecule has 1 aliphatic heterocycles. The summed E-state index contributed by atoms with van der Waals surface area (Å²) in [5, 5.41) is 3.19. The molecule has 8 heteroatoms. The highest BCUT2D eigenvalue weighted by Gasteiger charge is 2.35. The van der Waals surface area contributed by atoms with Crippen molar-refractivity contribution < 1.29 is 21.6 Å². The highest BCUT2D eigenvalue weighted by molar-refractivity contribution is 7.89. The summed E-state index contributed by atoms with van der Waals surface area (Å²) in [6.07, 6.45) is -2.41.